The molecule has 4 unspecified atom stereocenters. The van der Waals surface area contributed by atoms with Gasteiger partial charge in [0, 0.05) is 12.5 Å². The number of imide groups is 1. The molecule has 4 nitrogen and oxygen atoms in total. The standard InChI is InChI=1S/C17H29N2O2.BrH/c1-6-7-10-18-16(20)14-12(2)8-9-13(11-19(3,4)5)15(14)17(18)21;/h8-9,12-15H,6-7,10-11H2,1-5H3;1H/q+1;/p-1. The quantitative estimate of drug-likeness (QED) is 0.349. The van der Waals surface area contributed by atoms with E-state index in [1.807, 2.05) is 0 Å². The van der Waals surface area contributed by atoms with Gasteiger partial charge in [-0.05, 0) is 12.3 Å². The van der Waals surface area contributed by atoms with E-state index in [-0.39, 0.29) is 52.5 Å². The van der Waals surface area contributed by atoms with E-state index in [0.717, 1.165) is 23.9 Å². The number of amides is 2. The van der Waals surface area contributed by atoms with Crippen molar-refractivity contribution in [3.8, 4) is 0 Å². The molecule has 0 saturated carbocycles. The summed E-state index contributed by atoms with van der Waals surface area (Å²) in [5.41, 5.74) is 0. The van der Waals surface area contributed by atoms with Crippen LogP contribution in [0.3, 0.4) is 0 Å². The van der Waals surface area contributed by atoms with Crippen LogP contribution in [0.15, 0.2) is 12.2 Å². The molecule has 5 heteroatoms. The van der Waals surface area contributed by atoms with Crippen molar-refractivity contribution >= 4 is 11.8 Å². The summed E-state index contributed by atoms with van der Waals surface area (Å²) in [6.45, 7) is 5.63. The summed E-state index contributed by atoms with van der Waals surface area (Å²) >= 11 is 0. The average Bonchev–Trinajstić information content (AvgIpc) is 2.63. The fourth-order valence-electron chi connectivity index (χ4n) is 3.68. The molecule has 4 atom stereocenters. The van der Waals surface area contributed by atoms with E-state index in [0.29, 0.717) is 6.54 Å². The summed E-state index contributed by atoms with van der Waals surface area (Å²) in [6.07, 6.45) is 6.21. The van der Waals surface area contributed by atoms with Crippen LogP contribution in [0.2, 0.25) is 0 Å². The van der Waals surface area contributed by atoms with Crippen molar-refractivity contribution in [3.05, 3.63) is 12.2 Å². The second-order valence-corrected chi connectivity index (χ2v) is 7.61. The number of rotatable bonds is 5. The zero-order valence-electron chi connectivity index (χ0n) is 14.4. The summed E-state index contributed by atoms with van der Waals surface area (Å²) in [5, 5.41) is 0. The summed E-state index contributed by atoms with van der Waals surface area (Å²) in [6, 6.07) is 0. The Morgan fingerprint density at radius 2 is 1.68 bits per heavy atom. The Balaban J connectivity index is 0.00000242. The minimum Gasteiger partial charge on any atom is -1.00 e. The van der Waals surface area contributed by atoms with Gasteiger partial charge in [0.05, 0.1) is 39.5 Å². The van der Waals surface area contributed by atoms with Crippen LogP contribution in [0.25, 0.3) is 0 Å². The first-order valence-electron chi connectivity index (χ1n) is 8.10. The lowest BCUT2D eigenvalue weighted by molar-refractivity contribution is -0.873. The Kier molecular flexibility index (Phi) is 6.39. The first-order valence-corrected chi connectivity index (χ1v) is 8.10. The fourth-order valence-corrected chi connectivity index (χ4v) is 3.68. The molecule has 0 spiro atoms. The highest BCUT2D eigenvalue weighted by Gasteiger charge is 2.53. The van der Waals surface area contributed by atoms with Crippen molar-refractivity contribution in [1.82, 2.24) is 4.90 Å². The Bertz CT molecular complexity index is 456. The smallest absolute Gasteiger partial charge is 0.233 e. The Morgan fingerprint density at radius 3 is 2.23 bits per heavy atom. The molecule has 0 aromatic heterocycles. The number of halogens is 1. The number of allylic oxidation sites excluding steroid dienone is 1. The Labute approximate surface area is 144 Å². The number of fused-ring (bicyclic) bond motifs is 1. The maximum atomic E-state index is 12.8. The number of carbonyl (C=O) groups excluding carboxylic acids is 2. The monoisotopic (exact) mass is 372 g/mol. The van der Waals surface area contributed by atoms with Crippen LogP contribution in [0.5, 0.6) is 0 Å². The Morgan fingerprint density at radius 1 is 1.09 bits per heavy atom. The maximum Gasteiger partial charge on any atom is 0.233 e. The van der Waals surface area contributed by atoms with Crippen LogP contribution in [0.1, 0.15) is 26.7 Å². The van der Waals surface area contributed by atoms with Gasteiger partial charge in [0.15, 0.2) is 0 Å². The molecule has 1 fully saturated rings. The van der Waals surface area contributed by atoms with Crippen LogP contribution >= 0.6 is 0 Å². The number of hydrogen-bond acceptors (Lipinski definition) is 2. The lowest BCUT2D eigenvalue weighted by Gasteiger charge is -2.35. The van der Waals surface area contributed by atoms with Gasteiger partial charge in [-0.3, -0.25) is 14.5 Å². The van der Waals surface area contributed by atoms with Gasteiger partial charge in [-0.2, -0.15) is 0 Å². The number of quaternary nitrogens is 1. The lowest BCUT2D eigenvalue weighted by Crippen LogP contribution is -3.00. The molecule has 0 radical (unpaired) electrons. The molecule has 1 heterocycles. The van der Waals surface area contributed by atoms with Gasteiger partial charge < -0.3 is 21.5 Å². The van der Waals surface area contributed by atoms with Crippen LogP contribution < -0.4 is 17.0 Å². The van der Waals surface area contributed by atoms with E-state index < -0.39 is 0 Å². The van der Waals surface area contributed by atoms with Gasteiger partial charge in [0.25, 0.3) is 0 Å². The van der Waals surface area contributed by atoms with Crippen molar-refractivity contribution in [2.45, 2.75) is 26.7 Å². The third-order valence-corrected chi connectivity index (χ3v) is 4.67. The highest BCUT2D eigenvalue weighted by atomic mass is 79.9. The summed E-state index contributed by atoms with van der Waals surface area (Å²) in [7, 11) is 6.41. The van der Waals surface area contributed by atoms with Crippen LogP contribution in [-0.2, 0) is 9.59 Å². The number of likely N-dealkylation sites (tertiary alicyclic amines) is 1. The van der Waals surface area contributed by atoms with Crippen molar-refractivity contribution in [1.29, 1.82) is 0 Å². The number of nitrogens with zero attached hydrogens (tertiary/aromatic N) is 2. The third-order valence-electron chi connectivity index (χ3n) is 4.67. The topological polar surface area (TPSA) is 37.4 Å². The molecule has 1 aliphatic carbocycles. The van der Waals surface area contributed by atoms with Crippen molar-refractivity contribution < 1.29 is 31.1 Å². The van der Waals surface area contributed by atoms with E-state index in [9.17, 15) is 9.59 Å². The predicted octanol–water partition coefficient (Wildman–Crippen LogP) is -1.08. The maximum absolute atomic E-state index is 12.8. The summed E-state index contributed by atoms with van der Waals surface area (Å²) in [5.74, 6) is 0.175. The second-order valence-electron chi connectivity index (χ2n) is 7.61. The summed E-state index contributed by atoms with van der Waals surface area (Å²) < 4.78 is 0.809. The molecular weight excluding hydrogens is 344 g/mol. The largest absolute Gasteiger partial charge is 1.00 e. The minimum atomic E-state index is -0.147. The zero-order chi connectivity index (χ0) is 15.8. The molecule has 1 saturated heterocycles. The Hall–Kier alpha value is -0.680. The highest BCUT2D eigenvalue weighted by Crippen LogP contribution is 2.42. The van der Waals surface area contributed by atoms with E-state index in [4.69, 9.17) is 0 Å². The van der Waals surface area contributed by atoms with Gasteiger partial charge in [0.1, 0.15) is 0 Å². The second kappa shape index (κ2) is 7.26. The highest BCUT2D eigenvalue weighted by molar-refractivity contribution is 6.05. The first kappa shape index (κ1) is 19.4. The van der Waals surface area contributed by atoms with Crippen LogP contribution in [0.4, 0.5) is 0 Å². The average molecular weight is 373 g/mol. The molecule has 1 aliphatic heterocycles. The summed E-state index contributed by atoms with van der Waals surface area (Å²) in [4.78, 5) is 26.9. The van der Waals surface area contributed by atoms with E-state index >= 15 is 0 Å². The third kappa shape index (κ3) is 3.80. The molecule has 0 aromatic rings. The van der Waals surface area contributed by atoms with Gasteiger partial charge >= 0.3 is 0 Å². The molecule has 2 rings (SSSR count). The van der Waals surface area contributed by atoms with Gasteiger partial charge in [0.2, 0.25) is 11.8 Å². The number of carbonyl (C=O) groups is 2. The fraction of sp³-hybridized carbons (Fsp3) is 0.765. The van der Waals surface area contributed by atoms with Crippen molar-refractivity contribution in [3.63, 3.8) is 0 Å². The first-order chi connectivity index (χ1) is 9.76. The normalized spacial score (nSPS) is 31.2. The molecule has 2 aliphatic rings. The van der Waals surface area contributed by atoms with Gasteiger partial charge in [-0.25, -0.2) is 0 Å². The SMILES string of the molecule is CCCCN1C(=O)C2C(C)C=CC(C[N+](C)(C)C)C2C1=O.[Br-]. The van der Waals surface area contributed by atoms with Crippen LogP contribution in [0, 0.1) is 23.7 Å². The molecule has 22 heavy (non-hydrogen) atoms. The number of unbranched alkanes of at least 4 members (excludes halogenated alkanes) is 1. The number of hydrogen-bond donors (Lipinski definition) is 0. The molecule has 0 N–H and O–H groups in total. The van der Waals surface area contributed by atoms with Gasteiger partial charge in [-0.15, -0.1) is 0 Å². The van der Waals surface area contributed by atoms with E-state index in [1.165, 1.54) is 4.90 Å². The van der Waals surface area contributed by atoms with Gasteiger partial charge in [-0.1, -0.05) is 32.4 Å². The van der Waals surface area contributed by atoms with E-state index in [2.05, 4.69) is 47.1 Å². The minimum absolute atomic E-state index is 0. The molecule has 0 bridgehead atoms. The van der Waals surface area contributed by atoms with Crippen molar-refractivity contribution in [2.24, 2.45) is 23.7 Å². The van der Waals surface area contributed by atoms with Crippen LogP contribution in [-0.4, -0.2) is 55.4 Å². The molecular formula is C17H29BrN2O2. The molecule has 2 amide bonds. The predicted molar refractivity (Wildman–Crippen MR) is 83.3 cm³/mol. The van der Waals surface area contributed by atoms with E-state index in [1.54, 1.807) is 0 Å². The molecule has 126 valence electrons. The molecule has 0 aromatic carbocycles. The lowest BCUT2D eigenvalue weighted by atomic mass is 9.72. The van der Waals surface area contributed by atoms with Crippen molar-refractivity contribution in [2.75, 3.05) is 34.2 Å². The zero-order valence-corrected chi connectivity index (χ0v) is 16.0.